The fourth-order valence-electron chi connectivity index (χ4n) is 2.60. The summed E-state index contributed by atoms with van der Waals surface area (Å²) in [5, 5.41) is 19.7. The number of hydrogen-bond donors (Lipinski definition) is 1. The molecule has 4 rings (SSSR count). The molecule has 0 spiro atoms. The van der Waals surface area contributed by atoms with Crippen molar-refractivity contribution in [3.63, 3.8) is 0 Å². The van der Waals surface area contributed by atoms with Crippen molar-refractivity contribution < 1.29 is 9.31 Å². The number of halogens is 2. The van der Waals surface area contributed by atoms with Crippen molar-refractivity contribution in [3.05, 3.63) is 62.8 Å². The predicted octanol–water partition coefficient (Wildman–Crippen LogP) is 2.45. The lowest BCUT2D eigenvalue weighted by molar-refractivity contribution is -0.385. The number of nitrogens with zero attached hydrogens (tertiary/aromatic N) is 7. The normalized spacial score (nSPS) is 11.2. The number of hydrogen-bond acceptors (Lipinski definition) is 7. The third kappa shape index (κ3) is 3.10. The summed E-state index contributed by atoms with van der Waals surface area (Å²) in [4.78, 5) is 18.5. The smallest absolute Gasteiger partial charge is 0.272 e. The summed E-state index contributed by atoms with van der Waals surface area (Å²) in [5.74, 6) is -0.264. The highest BCUT2D eigenvalue weighted by molar-refractivity contribution is 9.10. The Morgan fingerprint density at radius 1 is 1.26 bits per heavy atom. The average molecular weight is 433 g/mol. The summed E-state index contributed by atoms with van der Waals surface area (Å²) < 4.78 is 17.9. The van der Waals surface area contributed by atoms with Gasteiger partial charge in [0.15, 0.2) is 11.5 Å². The second-order valence-electron chi connectivity index (χ2n) is 5.58. The Morgan fingerprint density at radius 2 is 2.07 bits per heavy atom. The predicted molar refractivity (Wildman–Crippen MR) is 96.7 cm³/mol. The number of nitrogen functional groups attached to an aromatic ring is 1. The van der Waals surface area contributed by atoms with E-state index in [1.165, 1.54) is 27.7 Å². The minimum absolute atomic E-state index is 0.00930. The summed E-state index contributed by atoms with van der Waals surface area (Å²) in [6, 6.07) is 3.45. The molecule has 4 aromatic rings. The fraction of sp³-hybridized carbons (Fsp3) is 0.0667. The molecule has 2 N–H and O–H groups in total. The standard InChI is InChI=1S/C15H10BrFN8O2/c16-9-4-19-24(7-9)14-11-5-20-23(13(11)21-15(18)22-14)6-8-1-2-10(25(26)27)3-12(8)17/h1-5,7H,6H2,(H2,18,21,22). The van der Waals surface area contributed by atoms with Gasteiger partial charge in [-0.2, -0.15) is 20.2 Å². The van der Waals surface area contributed by atoms with E-state index < -0.39 is 10.7 Å². The quantitative estimate of drug-likeness (QED) is 0.386. The van der Waals surface area contributed by atoms with Crippen molar-refractivity contribution in [2.75, 3.05) is 5.73 Å². The number of nitro groups is 1. The summed E-state index contributed by atoms with van der Waals surface area (Å²) in [5.41, 5.74) is 6.11. The van der Waals surface area contributed by atoms with Crippen LogP contribution in [0.5, 0.6) is 0 Å². The molecule has 0 saturated carbocycles. The van der Waals surface area contributed by atoms with Gasteiger partial charge in [-0.25, -0.2) is 13.8 Å². The van der Waals surface area contributed by atoms with E-state index in [1.807, 2.05) is 0 Å². The van der Waals surface area contributed by atoms with Crippen LogP contribution in [0.3, 0.4) is 0 Å². The lowest BCUT2D eigenvalue weighted by atomic mass is 10.2. The SMILES string of the molecule is Nc1nc(-n2cc(Br)cn2)c2cnn(Cc3ccc([N+](=O)[O-])cc3F)c2n1. The van der Waals surface area contributed by atoms with Crippen LogP contribution in [-0.4, -0.2) is 34.5 Å². The molecule has 12 heteroatoms. The second-order valence-corrected chi connectivity index (χ2v) is 6.50. The van der Waals surface area contributed by atoms with Gasteiger partial charge in [-0.3, -0.25) is 10.1 Å². The molecule has 136 valence electrons. The van der Waals surface area contributed by atoms with Crippen LogP contribution in [-0.2, 0) is 6.54 Å². The van der Waals surface area contributed by atoms with Crippen molar-refractivity contribution in [1.82, 2.24) is 29.5 Å². The second kappa shape index (κ2) is 6.39. The van der Waals surface area contributed by atoms with Gasteiger partial charge in [0.1, 0.15) is 5.82 Å². The van der Waals surface area contributed by atoms with Crippen molar-refractivity contribution in [3.8, 4) is 5.82 Å². The van der Waals surface area contributed by atoms with Crippen molar-refractivity contribution in [1.29, 1.82) is 0 Å². The number of benzene rings is 1. The average Bonchev–Trinajstić information content (AvgIpc) is 3.22. The molecule has 0 aliphatic heterocycles. The molecule has 27 heavy (non-hydrogen) atoms. The number of aromatic nitrogens is 6. The molecule has 0 radical (unpaired) electrons. The fourth-order valence-corrected chi connectivity index (χ4v) is 2.89. The third-order valence-corrected chi connectivity index (χ3v) is 4.24. The molecule has 1 aromatic carbocycles. The first-order valence-electron chi connectivity index (χ1n) is 7.55. The summed E-state index contributed by atoms with van der Waals surface area (Å²) in [6.07, 6.45) is 4.83. The Bertz CT molecular complexity index is 1190. The Balaban J connectivity index is 1.78. The van der Waals surface area contributed by atoms with Crippen LogP contribution in [0.15, 0.2) is 41.3 Å². The van der Waals surface area contributed by atoms with E-state index >= 15 is 0 Å². The molecule has 0 unspecified atom stereocenters. The zero-order valence-electron chi connectivity index (χ0n) is 13.5. The monoisotopic (exact) mass is 432 g/mol. The first-order chi connectivity index (χ1) is 12.9. The van der Waals surface area contributed by atoms with Crippen molar-refractivity contribution in [2.24, 2.45) is 0 Å². The molecular weight excluding hydrogens is 423 g/mol. The molecule has 3 aromatic heterocycles. The molecule has 0 fully saturated rings. The molecule has 3 heterocycles. The van der Waals surface area contributed by atoms with Gasteiger partial charge in [0.25, 0.3) is 5.69 Å². The molecule has 0 bridgehead atoms. The van der Waals surface area contributed by atoms with E-state index in [4.69, 9.17) is 5.73 Å². The van der Waals surface area contributed by atoms with Crippen molar-refractivity contribution in [2.45, 2.75) is 6.54 Å². The molecular formula is C15H10BrFN8O2. The van der Waals surface area contributed by atoms with E-state index in [0.717, 1.165) is 10.5 Å². The van der Waals surface area contributed by atoms with Gasteiger partial charge < -0.3 is 5.73 Å². The minimum atomic E-state index is -0.703. The van der Waals surface area contributed by atoms with Gasteiger partial charge in [-0.1, -0.05) is 0 Å². The molecule has 0 atom stereocenters. The summed E-state index contributed by atoms with van der Waals surface area (Å²) in [6.45, 7) is 0.0199. The zero-order chi connectivity index (χ0) is 19.1. The lowest BCUT2D eigenvalue weighted by Crippen LogP contribution is -2.08. The number of fused-ring (bicyclic) bond motifs is 1. The first-order valence-corrected chi connectivity index (χ1v) is 8.34. The van der Waals surface area contributed by atoms with Crippen LogP contribution in [0.25, 0.3) is 16.9 Å². The van der Waals surface area contributed by atoms with Crippen LogP contribution in [0, 0.1) is 15.9 Å². The maximum absolute atomic E-state index is 14.2. The van der Waals surface area contributed by atoms with Crippen LogP contribution in [0.4, 0.5) is 16.0 Å². The molecule has 0 amide bonds. The van der Waals surface area contributed by atoms with Crippen molar-refractivity contribution >= 4 is 38.6 Å². The topological polar surface area (TPSA) is 131 Å². The largest absolute Gasteiger partial charge is 0.368 e. The van der Waals surface area contributed by atoms with E-state index in [1.54, 1.807) is 12.4 Å². The van der Waals surface area contributed by atoms with Gasteiger partial charge in [0.05, 0.1) is 39.8 Å². The number of anilines is 1. The van der Waals surface area contributed by atoms with Gasteiger partial charge in [-0.05, 0) is 22.0 Å². The van der Waals surface area contributed by atoms with Crippen LogP contribution < -0.4 is 5.73 Å². The zero-order valence-corrected chi connectivity index (χ0v) is 15.0. The van der Waals surface area contributed by atoms with Gasteiger partial charge in [0, 0.05) is 17.8 Å². The van der Waals surface area contributed by atoms with E-state index in [9.17, 15) is 14.5 Å². The maximum atomic E-state index is 14.2. The van der Waals surface area contributed by atoms with E-state index in [2.05, 4.69) is 36.1 Å². The highest BCUT2D eigenvalue weighted by Crippen LogP contribution is 2.23. The highest BCUT2D eigenvalue weighted by Gasteiger charge is 2.16. The molecule has 0 saturated heterocycles. The summed E-state index contributed by atoms with van der Waals surface area (Å²) in [7, 11) is 0. The highest BCUT2D eigenvalue weighted by atomic mass is 79.9. The Labute approximate surface area is 158 Å². The number of rotatable bonds is 4. The summed E-state index contributed by atoms with van der Waals surface area (Å²) >= 11 is 3.32. The molecule has 0 aliphatic carbocycles. The Morgan fingerprint density at radius 3 is 2.74 bits per heavy atom. The van der Waals surface area contributed by atoms with Gasteiger partial charge >= 0.3 is 0 Å². The maximum Gasteiger partial charge on any atom is 0.272 e. The molecule has 0 aliphatic rings. The molecule has 10 nitrogen and oxygen atoms in total. The first kappa shape index (κ1) is 17.0. The van der Waals surface area contributed by atoms with Gasteiger partial charge in [-0.15, -0.1) is 0 Å². The number of non-ortho nitro benzene ring substituents is 1. The number of nitrogens with two attached hydrogens (primary N) is 1. The minimum Gasteiger partial charge on any atom is -0.368 e. The number of nitro benzene ring substituents is 1. The third-order valence-electron chi connectivity index (χ3n) is 3.83. The van der Waals surface area contributed by atoms with Crippen LogP contribution >= 0.6 is 15.9 Å². The van der Waals surface area contributed by atoms with E-state index in [-0.39, 0.29) is 23.7 Å². The Kier molecular flexibility index (Phi) is 4.03. The lowest BCUT2D eigenvalue weighted by Gasteiger charge is -2.07. The van der Waals surface area contributed by atoms with Gasteiger partial charge in [0.2, 0.25) is 5.95 Å². The Hall–Kier alpha value is -3.41. The van der Waals surface area contributed by atoms with Crippen LogP contribution in [0.1, 0.15) is 5.56 Å². The van der Waals surface area contributed by atoms with Crippen LogP contribution in [0.2, 0.25) is 0 Å². The van der Waals surface area contributed by atoms with E-state index in [0.29, 0.717) is 16.9 Å².